The summed E-state index contributed by atoms with van der Waals surface area (Å²) in [5.74, 6) is 0.844. The van der Waals surface area contributed by atoms with E-state index in [9.17, 15) is 4.79 Å². The minimum Gasteiger partial charge on any atom is -0.444 e. The fourth-order valence-corrected chi connectivity index (χ4v) is 2.08. The van der Waals surface area contributed by atoms with Gasteiger partial charge in [0.25, 0.3) is 0 Å². The molecule has 1 fully saturated rings. The third-order valence-corrected chi connectivity index (χ3v) is 3.16. The van der Waals surface area contributed by atoms with E-state index in [0.717, 1.165) is 38.3 Å². The molecule has 1 aliphatic heterocycles. The number of nitrogens with zero attached hydrogens (tertiary/aromatic N) is 2. The molecule has 6 heteroatoms. The van der Waals surface area contributed by atoms with Crippen LogP contribution in [0.25, 0.3) is 0 Å². The Morgan fingerprint density at radius 1 is 1.50 bits per heavy atom. The Balaban J connectivity index is 1.77. The number of aliphatic imine (C=N–C) groups is 1. The van der Waals surface area contributed by atoms with Crippen LogP contribution in [0.5, 0.6) is 0 Å². The van der Waals surface area contributed by atoms with Gasteiger partial charge in [-0.15, -0.1) is 0 Å². The average Bonchev–Trinajstić information content (AvgIpc) is 3.18. The SMILES string of the molecule is CC(C)(C)OC(=O)N(CCNC1=NCCCN1)C1CC1. The molecule has 114 valence electrons. The summed E-state index contributed by atoms with van der Waals surface area (Å²) in [4.78, 5) is 18.3. The summed E-state index contributed by atoms with van der Waals surface area (Å²) in [5, 5.41) is 6.45. The molecule has 0 aromatic rings. The highest BCUT2D eigenvalue weighted by molar-refractivity contribution is 5.80. The lowest BCUT2D eigenvalue weighted by Crippen LogP contribution is -2.46. The molecule has 0 unspecified atom stereocenters. The maximum absolute atomic E-state index is 12.2. The van der Waals surface area contributed by atoms with Crippen LogP contribution in [0.15, 0.2) is 4.99 Å². The molecule has 1 aliphatic carbocycles. The Hall–Kier alpha value is -1.46. The van der Waals surface area contributed by atoms with Gasteiger partial charge in [0.2, 0.25) is 0 Å². The molecule has 0 aromatic heterocycles. The van der Waals surface area contributed by atoms with E-state index in [1.165, 1.54) is 0 Å². The first-order valence-corrected chi connectivity index (χ1v) is 7.47. The van der Waals surface area contributed by atoms with Crippen LogP contribution in [0.1, 0.15) is 40.0 Å². The van der Waals surface area contributed by atoms with E-state index in [1.54, 1.807) is 0 Å². The zero-order valence-electron chi connectivity index (χ0n) is 12.7. The van der Waals surface area contributed by atoms with Gasteiger partial charge < -0.3 is 20.3 Å². The van der Waals surface area contributed by atoms with Crippen molar-refractivity contribution in [2.24, 2.45) is 4.99 Å². The fourth-order valence-electron chi connectivity index (χ4n) is 2.08. The van der Waals surface area contributed by atoms with E-state index in [0.29, 0.717) is 19.1 Å². The lowest BCUT2D eigenvalue weighted by Gasteiger charge is -2.27. The summed E-state index contributed by atoms with van der Waals surface area (Å²) in [6.07, 6.45) is 3.04. The zero-order valence-corrected chi connectivity index (χ0v) is 12.7. The second-order valence-electron chi connectivity index (χ2n) is 6.34. The van der Waals surface area contributed by atoms with Crippen molar-refractivity contribution in [3.8, 4) is 0 Å². The van der Waals surface area contributed by atoms with Crippen molar-refractivity contribution >= 4 is 12.1 Å². The van der Waals surface area contributed by atoms with Crippen LogP contribution >= 0.6 is 0 Å². The van der Waals surface area contributed by atoms with Gasteiger partial charge >= 0.3 is 6.09 Å². The highest BCUT2D eigenvalue weighted by Gasteiger charge is 2.34. The zero-order chi connectivity index (χ0) is 14.6. The van der Waals surface area contributed by atoms with Crippen molar-refractivity contribution in [3.63, 3.8) is 0 Å². The van der Waals surface area contributed by atoms with E-state index in [1.807, 2.05) is 25.7 Å². The average molecular weight is 282 g/mol. The number of guanidine groups is 1. The number of carbonyl (C=O) groups is 1. The van der Waals surface area contributed by atoms with Crippen molar-refractivity contribution in [3.05, 3.63) is 0 Å². The van der Waals surface area contributed by atoms with Gasteiger partial charge in [0.1, 0.15) is 5.60 Å². The molecule has 2 aliphatic rings. The Bertz CT molecular complexity index is 372. The lowest BCUT2D eigenvalue weighted by molar-refractivity contribution is 0.0238. The quantitative estimate of drug-likeness (QED) is 0.816. The molecule has 0 spiro atoms. The number of rotatable bonds is 4. The largest absolute Gasteiger partial charge is 0.444 e. The molecular formula is C14H26N4O2. The maximum atomic E-state index is 12.2. The molecule has 0 aromatic carbocycles. The van der Waals surface area contributed by atoms with Gasteiger partial charge in [0, 0.05) is 32.2 Å². The molecule has 2 rings (SSSR count). The van der Waals surface area contributed by atoms with Crippen molar-refractivity contribution in [1.82, 2.24) is 15.5 Å². The van der Waals surface area contributed by atoms with Crippen LogP contribution in [0.4, 0.5) is 4.79 Å². The smallest absolute Gasteiger partial charge is 0.410 e. The van der Waals surface area contributed by atoms with Crippen molar-refractivity contribution in [1.29, 1.82) is 0 Å². The van der Waals surface area contributed by atoms with E-state index >= 15 is 0 Å². The van der Waals surface area contributed by atoms with Gasteiger partial charge in [0.15, 0.2) is 5.96 Å². The van der Waals surface area contributed by atoms with Crippen LogP contribution in [0, 0.1) is 0 Å². The fraction of sp³-hybridized carbons (Fsp3) is 0.857. The first-order chi connectivity index (χ1) is 9.46. The van der Waals surface area contributed by atoms with Crippen LogP contribution < -0.4 is 10.6 Å². The Morgan fingerprint density at radius 3 is 2.80 bits per heavy atom. The van der Waals surface area contributed by atoms with Gasteiger partial charge in [-0.1, -0.05) is 0 Å². The Kier molecular flexibility index (Phi) is 4.73. The van der Waals surface area contributed by atoms with E-state index in [4.69, 9.17) is 4.74 Å². The first kappa shape index (κ1) is 14.9. The van der Waals surface area contributed by atoms with Crippen LogP contribution in [-0.4, -0.2) is 54.8 Å². The second-order valence-corrected chi connectivity index (χ2v) is 6.34. The molecule has 1 amide bonds. The summed E-state index contributed by atoms with van der Waals surface area (Å²) in [6, 6.07) is 0.355. The first-order valence-electron chi connectivity index (χ1n) is 7.47. The van der Waals surface area contributed by atoms with Crippen LogP contribution in [-0.2, 0) is 4.74 Å². The summed E-state index contributed by atoms with van der Waals surface area (Å²) in [6.45, 7) is 8.87. The summed E-state index contributed by atoms with van der Waals surface area (Å²) < 4.78 is 5.46. The normalized spacial score (nSPS) is 18.9. The maximum Gasteiger partial charge on any atom is 0.410 e. The van der Waals surface area contributed by atoms with E-state index < -0.39 is 5.60 Å². The number of ether oxygens (including phenoxy) is 1. The Morgan fingerprint density at radius 2 is 2.25 bits per heavy atom. The number of nitrogens with one attached hydrogen (secondary N) is 2. The molecule has 0 saturated heterocycles. The summed E-state index contributed by atoms with van der Waals surface area (Å²) in [7, 11) is 0. The van der Waals surface area contributed by atoms with Gasteiger partial charge in [0.05, 0.1) is 0 Å². The molecule has 1 heterocycles. The molecule has 1 saturated carbocycles. The number of amides is 1. The van der Waals surface area contributed by atoms with Gasteiger partial charge in [-0.3, -0.25) is 4.99 Å². The monoisotopic (exact) mass is 282 g/mol. The molecule has 2 N–H and O–H groups in total. The second kappa shape index (κ2) is 6.33. The molecule has 0 bridgehead atoms. The van der Waals surface area contributed by atoms with E-state index in [2.05, 4.69) is 15.6 Å². The third-order valence-electron chi connectivity index (χ3n) is 3.16. The predicted molar refractivity (Wildman–Crippen MR) is 78.9 cm³/mol. The molecule has 20 heavy (non-hydrogen) atoms. The highest BCUT2D eigenvalue weighted by atomic mass is 16.6. The van der Waals surface area contributed by atoms with Crippen LogP contribution in [0.3, 0.4) is 0 Å². The minimum absolute atomic E-state index is 0.208. The van der Waals surface area contributed by atoms with Crippen LogP contribution in [0.2, 0.25) is 0 Å². The number of hydrogen-bond acceptors (Lipinski definition) is 5. The Labute approximate surface area is 121 Å². The minimum atomic E-state index is -0.438. The predicted octanol–water partition coefficient (Wildman–Crippen LogP) is 1.32. The molecule has 0 radical (unpaired) electrons. The van der Waals surface area contributed by atoms with Crippen molar-refractivity contribution in [2.75, 3.05) is 26.2 Å². The third kappa shape index (κ3) is 4.90. The summed E-state index contributed by atoms with van der Waals surface area (Å²) in [5.41, 5.74) is -0.438. The van der Waals surface area contributed by atoms with Gasteiger partial charge in [-0.25, -0.2) is 4.79 Å². The topological polar surface area (TPSA) is 66.0 Å². The van der Waals surface area contributed by atoms with E-state index in [-0.39, 0.29) is 6.09 Å². The number of carbonyl (C=O) groups excluding carboxylic acids is 1. The molecule has 0 atom stereocenters. The molecular weight excluding hydrogens is 256 g/mol. The summed E-state index contributed by atoms with van der Waals surface area (Å²) >= 11 is 0. The van der Waals surface area contributed by atoms with Gasteiger partial charge in [-0.05, 0) is 40.0 Å². The van der Waals surface area contributed by atoms with Crippen molar-refractivity contribution < 1.29 is 9.53 Å². The standard InChI is InChI=1S/C14H26N4O2/c1-14(2,3)20-13(19)18(11-5-6-11)10-9-17-12-15-7-4-8-16-12/h11H,4-10H2,1-3H3,(H2,15,16,17). The number of hydrogen-bond donors (Lipinski definition) is 2. The van der Waals surface area contributed by atoms with Crippen molar-refractivity contribution in [2.45, 2.75) is 51.7 Å². The van der Waals surface area contributed by atoms with Gasteiger partial charge in [-0.2, -0.15) is 0 Å². The highest BCUT2D eigenvalue weighted by Crippen LogP contribution is 2.27. The molecule has 6 nitrogen and oxygen atoms in total. The lowest BCUT2D eigenvalue weighted by atomic mass is 10.2.